The van der Waals surface area contributed by atoms with Gasteiger partial charge in [-0.2, -0.15) is 0 Å². The van der Waals surface area contributed by atoms with Crippen molar-refractivity contribution in [2.45, 2.75) is 63.2 Å². The summed E-state index contributed by atoms with van der Waals surface area (Å²) in [6.07, 6.45) is -0.772. The Morgan fingerprint density at radius 2 is 1.17 bits per heavy atom. The molecule has 2 atom stereocenters. The van der Waals surface area contributed by atoms with Crippen molar-refractivity contribution in [1.82, 2.24) is 9.80 Å². The van der Waals surface area contributed by atoms with Gasteiger partial charge < -0.3 is 23.8 Å². The quantitative estimate of drug-likeness (QED) is 0.637. The van der Waals surface area contributed by atoms with Crippen molar-refractivity contribution in [1.29, 1.82) is 0 Å². The number of ether oxygens (including phenoxy) is 2. The number of carbonyl (C=O) groups excluding carboxylic acids is 2. The molecule has 2 aliphatic rings. The summed E-state index contributed by atoms with van der Waals surface area (Å²) in [7, 11) is 1.40. The van der Waals surface area contributed by atoms with Crippen LogP contribution in [0.4, 0.5) is 9.59 Å². The zero-order chi connectivity index (χ0) is 22.6. The van der Waals surface area contributed by atoms with Crippen molar-refractivity contribution in [3.05, 3.63) is 0 Å². The highest BCUT2D eigenvalue weighted by Gasteiger charge is 2.38. The van der Waals surface area contributed by atoms with E-state index >= 15 is 0 Å². The SMILES string of the molecule is CC(C)(C)OC(=O)N1CC(S(=O)O)C1.COS(=O)C1CN(C(=O)OC(C)(C)C)C1. The number of likely N-dealkylation sites (tertiary alicyclic amines) is 2. The molecule has 2 amide bonds. The molecule has 0 bridgehead atoms. The van der Waals surface area contributed by atoms with E-state index in [1.165, 1.54) is 16.9 Å². The molecule has 10 nitrogen and oxygen atoms in total. The number of hydrogen-bond acceptors (Lipinski definition) is 7. The summed E-state index contributed by atoms with van der Waals surface area (Å²) in [5.74, 6) is 0. The molecule has 1 N–H and O–H groups in total. The minimum atomic E-state index is -1.83. The third-order valence-corrected chi connectivity index (χ3v) is 5.76. The summed E-state index contributed by atoms with van der Waals surface area (Å²) in [5.41, 5.74) is -0.997. The van der Waals surface area contributed by atoms with E-state index in [0.29, 0.717) is 26.2 Å². The second-order valence-corrected chi connectivity index (χ2v) is 11.5. The molecule has 0 aromatic carbocycles. The Hall–Kier alpha value is -1.24. The summed E-state index contributed by atoms with van der Waals surface area (Å²) >= 11 is -3.13. The Morgan fingerprint density at radius 3 is 1.45 bits per heavy atom. The van der Waals surface area contributed by atoms with Crippen molar-refractivity contribution in [2.24, 2.45) is 0 Å². The summed E-state index contributed by atoms with van der Waals surface area (Å²) in [6.45, 7) is 12.3. The van der Waals surface area contributed by atoms with Crippen molar-refractivity contribution in [3.8, 4) is 0 Å². The van der Waals surface area contributed by atoms with E-state index in [9.17, 15) is 18.0 Å². The number of hydrogen-bond donors (Lipinski definition) is 1. The molecule has 170 valence electrons. The molecule has 29 heavy (non-hydrogen) atoms. The fourth-order valence-electron chi connectivity index (χ4n) is 2.21. The second-order valence-electron chi connectivity index (χ2n) is 8.72. The topological polar surface area (TPSA) is 123 Å². The summed E-state index contributed by atoms with van der Waals surface area (Å²) < 4.78 is 45.3. The van der Waals surface area contributed by atoms with E-state index in [1.807, 2.05) is 20.8 Å². The van der Waals surface area contributed by atoms with Crippen LogP contribution in [0.3, 0.4) is 0 Å². The molecule has 12 heteroatoms. The van der Waals surface area contributed by atoms with Crippen LogP contribution in [-0.2, 0) is 35.8 Å². The van der Waals surface area contributed by atoms with Gasteiger partial charge in [-0.05, 0) is 41.5 Å². The van der Waals surface area contributed by atoms with Crippen molar-refractivity contribution in [3.63, 3.8) is 0 Å². The first-order valence-corrected chi connectivity index (χ1v) is 11.4. The van der Waals surface area contributed by atoms with Gasteiger partial charge in [-0.25, -0.2) is 18.0 Å². The van der Waals surface area contributed by atoms with Crippen LogP contribution in [-0.4, -0.2) is 89.9 Å². The average molecular weight is 457 g/mol. The third-order valence-electron chi connectivity index (χ3n) is 3.72. The minimum Gasteiger partial charge on any atom is -0.444 e. The van der Waals surface area contributed by atoms with Gasteiger partial charge in [0.05, 0.1) is 17.6 Å². The molecule has 2 saturated heterocycles. The van der Waals surface area contributed by atoms with Crippen LogP contribution in [0.1, 0.15) is 41.5 Å². The number of amides is 2. The van der Waals surface area contributed by atoms with Crippen LogP contribution in [0.15, 0.2) is 0 Å². The van der Waals surface area contributed by atoms with Gasteiger partial charge in [0, 0.05) is 26.2 Å². The standard InChI is InChI=1S/C9H17NO4S.C8H15NO4S/c1-9(2,3)14-8(11)10-5-7(6-10)15(12)13-4;1-8(2,3)13-7(10)9-4-6(5-9)14(11)12/h7H,5-6H2,1-4H3;6H,4-5H2,1-3H3,(H,11,12). The highest BCUT2D eigenvalue weighted by atomic mass is 32.2. The van der Waals surface area contributed by atoms with Crippen molar-refractivity contribution in [2.75, 3.05) is 33.3 Å². The molecule has 0 radical (unpaired) electrons. The average Bonchev–Trinajstić information content (AvgIpc) is 2.39. The van der Waals surface area contributed by atoms with Crippen LogP contribution in [0.5, 0.6) is 0 Å². The molecule has 0 spiro atoms. The Balaban J connectivity index is 0.000000291. The predicted octanol–water partition coefficient (Wildman–Crippen LogP) is 1.74. The van der Waals surface area contributed by atoms with Gasteiger partial charge >= 0.3 is 12.2 Å². The maximum absolute atomic E-state index is 11.5. The Morgan fingerprint density at radius 1 is 0.828 bits per heavy atom. The molecule has 2 aliphatic heterocycles. The highest BCUT2D eigenvalue weighted by Crippen LogP contribution is 2.19. The first-order chi connectivity index (χ1) is 13.1. The maximum Gasteiger partial charge on any atom is 0.410 e. The van der Waals surface area contributed by atoms with Gasteiger partial charge in [0.1, 0.15) is 11.2 Å². The predicted molar refractivity (Wildman–Crippen MR) is 109 cm³/mol. The number of rotatable bonds is 3. The fraction of sp³-hybridized carbons (Fsp3) is 0.882. The molecular formula is C17H32N2O8S2. The zero-order valence-electron chi connectivity index (χ0n) is 18.0. The third kappa shape index (κ3) is 8.97. The Labute approximate surface area is 177 Å². The highest BCUT2D eigenvalue weighted by molar-refractivity contribution is 7.81. The largest absolute Gasteiger partial charge is 0.444 e. The lowest BCUT2D eigenvalue weighted by atomic mass is 10.2. The van der Waals surface area contributed by atoms with Crippen molar-refractivity contribution >= 4 is 34.3 Å². The van der Waals surface area contributed by atoms with E-state index < -0.39 is 39.5 Å². The van der Waals surface area contributed by atoms with Gasteiger partial charge in [0.25, 0.3) is 0 Å². The molecule has 2 fully saturated rings. The molecule has 0 saturated carbocycles. The normalized spacial score (nSPS) is 19.9. The summed E-state index contributed by atoms with van der Waals surface area (Å²) in [6, 6.07) is 0. The van der Waals surface area contributed by atoms with Gasteiger partial charge in [-0.15, -0.1) is 0 Å². The Kier molecular flexibility index (Phi) is 9.06. The number of nitrogens with zero attached hydrogens (tertiary/aromatic N) is 2. The molecular weight excluding hydrogens is 424 g/mol. The van der Waals surface area contributed by atoms with Crippen LogP contribution in [0.25, 0.3) is 0 Å². The van der Waals surface area contributed by atoms with Crippen LogP contribution < -0.4 is 0 Å². The lowest BCUT2D eigenvalue weighted by Gasteiger charge is -2.38. The minimum absolute atomic E-state index is 0.0810. The Bertz CT molecular complexity index is 632. The fourth-order valence-corrected chi connectivity index (χ4v) is 3.70. The van der Waals surface area contributed by atoms with Gasteiger partial charge in [0.15, 0.2) is 22.2 Å². The molecule has 0 aromatic heterocycles. The van der Waals surface area contributed by atoms with E-state index in [0.717, 1.165) is 0 Å². The first kappa shape index (κ1) is 25.8. The second kappa shape index (κ2) is 10.2. The van der Waals surface area contributed by atoms with E-state index in [2.05, 4.69) is 4.18 Å². The van der Waals surface area contributed by atoms with E-state index in [1.54, 1.807) is 20.8 Å². The van der Waals surface area contributed by atoms with Gasteiger partial charge in [-0.1, -0.05) is 0 Å². The first-order valence-electron chi connectivity index (χ1n) is 9.13. The monoisotopic (exact) mass is 456 g/mol. The van der Waals surface area contributed by atoms with Gasteiger partial charge in [-0.3, -0.25) is 4.18 Å². The lowest BCUT2D eigenvalue weighted by Crippen LogP contribution is -2.56. The molecule has 2 heterocycles. The molecule has 0 aromatic rings. The lowest BCUT2D eigenvalue weighted by molar-refractivity contribution is 0.0127. The van der Waals surface area contributed by atoms with Gasteiger partial charge in [0.2, 0.25) is 0 Å². The smallest absolute Gasteiger partial charge is 0.410 e. The van der Waals surface area contributed by atoms with Crippen LogP contribution in [0, 0.1) is 0 Å². The van der Waals surface area contributed by atoms with Crippen LogP contribution >= 0.6 is 0 Å². The van der Waals surface area contributed by atoms with Crippen LogP contribution in [0.2, 0.25) is 0 Å². The zero-order valence-corrected chi connectivity index (χ0v) is 19.6. The summed E-state index contributed by atoms with van der Waals surface area (Å²) in [5, 5.41) is -0.398. The van der Waals surface area contributed by atoms with E-state index in [-0.39, 0.29) is 16.6 Å². The number of carbonyl (C=O) groups is 2. The molecule has 2 rings (SSSR count). The summed E-state index contributed by atoms with van der Waals surface area (Å²) in [4.78, 5) is 25.7. The van der Waals surface area contributed by atoms with Crippen molar-refractivity contribution < 1.29 is 36.2 Å². The maximum atomic E-state index is 11.5. The molecule has 2 unspecified atom stereocenters. The van der Waals surface area contributed by atoms with E-state index in [4.69, 9.17) is 14.0 Å². The molecule has 0 aliphatic carbocycles.